The summed E-state index contributed by atoms with van der Waals surface area (Å²) in [6.45, 7) is 7.44. The smallest absolute Gasteiger partial charge is 0.242 e. The molecule has 6 nitrogen and oxygen atoms in total. The molecule has 0 aliphatic carbocycles. The molecule has 0 unspecified atom stereocenters. The first kappa shape index (κ1) is 25.2. The number of rotatable bonds is 13. The second kappa shape index (κ2) is 13.4. The van der Waals surface area contributed by atoms with Crippen LogP contribution in [0.15, 0.2) is 54.6 Å². The maximum absolute atomic E-state index is 13.2. The molecule has 0 saturated heterocycles. The standard InChI is InChI=1S/C26H36N2O4/c1-5-24(26(30)27-18-20(2)3)28(19-21-13-15-22(31-4)16-14-21)25(29)12-9-17-32-23-10-7-6-8-11-23/h6-8,10-11,13-16,20,24H,5,9,12,17-19H2,1-4H3,(H,27,30)/t24-/m1/s1. The van der Waals surface area contributed by atoms with Gasteiger partial charge in [-0.1, -0.05) is 51.1 Å². The largest absolute Gasteiger partial charge is 0.497 e. The van der Waals surface area contributed by atoms with Gasteiger partial charge >= 0.3 is 0 Å². The summed E-state index contributed by atoms with van der Waals surface area (Å²) in [7, 11) is 1.62. The molecule has 0 saturated carbocycles. The van der Waals surface area contributed by atoms with E-state index < -0.39 is 6.04 Å². The summed E-state index contributed by atoms with van der Waals surface area (Å²) < 4.78 is 10.9. The number of methoxy groups -OCH3 is 1. The van der Waals surface area contributed by atoms with Gasteiger partial charge in [0.25, 0.3) is 0 Å². The predicted molar refractivity (Wildman–Crippen MR) is 127 cm³/mol. The molecule has 0 spiro atoms. The fraction of sp³-hybridized carbons (Fsp3) is 0.462. The highest BCUT2D eigenvalue weighted by atomic mass is 16.5. The fourth-order valence-corrected chi connectivity index (χ4v) is 3.34. The summed E-state index contributed by atoms with van der Waals surface area (Å²) in [4.78, 5) is 27.8. The van der Waals surface area contributed by atoms with Crippen molar-refractivity contribution in [1.29, 1.82) is 0 Å². The van der Waals surface area contributed by atoms with Crippen molar-refractivity contribution in [3.05, 3.63) is 60.2 Å². The van der Waals surface area contributed by atoms with Gasteiger partial charge in [0.2, 0.25) is 11.8 Å². The molecule has 0 aromatic heterocycles. The molecule has 6 heteroatoms. The fourth-order valence-electron chi connectivity index (χ4n) is 3.34. The van der Waals surface area contributed by atoms with Gasteiger partial charge < -0.3 is 19.7 Å². The van der Waals surface area contributed by atoms with Crippen molar-refractivity contribution >= 4 is 11.8 Å². The molecule has 0 aliphatic heterocycles. The Morgan fingerprint density at radius 2 is 1.69 bits per heavy atom. The first-order valence-electron chi connectivity index (χ1n) is 11.3. The van der Waals surface area contributed by atoms with E-state index in [1.807, 2.05) is 75.4 Å². The highest BCUT2D eigenvalue weighted by molar-refractivity contribution is 5.87. The quantitative estimate of drug-likeness (QED) is 0.468. The van der Waals surface area contributed by atoms with Crippen LogP contribution >= 0.6 is 0 Å². The summed E-state index contributed by atoms with van der Waals surface area (Å²) >= 11 is 0. The van der Waals surface area contributed by atoms with Gasteiger partial charge in [-0.3, -0.25) is 9.59 Å². The van der Waals surface area contributed by atoms with Crippen molar-refractivity contribution < 1.29 is 19.1 Å². The second-order valence-electron chi connectivity index (χ2n) is 8.20. The van der Waals surface area contributed by atoms with Gasteiger partial charge in [-0.15, -0.1) is 0 Å². The first-order valence-corrected chi connectivity index (χ1v) is 11.3. The van der Waals surface area contributed by atoms with Crippen LogP contribution < -0.4 is 14.8 Å². The predicted octanol–water partition coefficient (Wildman–Crippen LogP) is 4.43. The molecule has 0 heterocycles. The van der Waals surface area contributed by atoms with Crippen molar-refractivity contribution in [2.45, 2.75) is 52.6 Å². The van der Waals surface area contributed by atoms with Crippen LogP contribution in [-0.2, 0) is 16.1 Å². The highest BCUT2D eigenvalue weighted by Crippen LogP contribution is 2.18. The Bertz CT molecular complexity index is 821. The number of hydrogen-bond acceptors (Lipinski definition) is 4. The highest BCUT2D eigenvalue weighted by Gasteiger charge is 2.28. The van der Waals surface area contributed by atoms with Crippen LogP contribution in [0.25, 0.3) is 0 Å². The number of amides is 2. The Kier molecular flexibility index (Phi) is 10.6. The zero-order valence-corrected chi connectivity index (χ0v) is 19.7. The number of benzene rings is 2. The maximum Gasteiger partial charge on any atom is 0.242 e. The lowest BCUT2D eigenvalue weighted by molar-refractivity contribution is -0.141. The molecule has 2 rings (SSSR count). The zero-order valence-electron chi connectivity index (χ0n) is 19.7. The summed E-state index contributed by atoms with van der Waals surface area (Å²) in [6, 6.07) is 16.6. The number of nitrogens with zero attached hydrogens (tertiary/aromatic N) is 1. The Morgan fingerprint density at radius 1 is 1.00 bits per heavy atom. The third kappa shape index (κ3) is 8.25. The van der Waals surface area contributed by atoms with Crippen LogP contribution in [0.1, 0.15) is 45.6 Å². The Balaban J connectivity index is 2.06. The molecule has 1 atom stereocenters. The molecule has 0 fully saturated rings. The number of ether oxygens (including phenoxy) is 2. The molecule has 2 aromatic rings. The van der Waals surface area contributed by atoms with Gasteiger partial charge in [0.05, 0.1) is 13.7 Å². The number of para-hydroxylation sites is 1. The molecular formula is C26H36N2O4. The van der Waals surface area contributed by atoms with E-state index >= 15 is 0 Å². The van der Waals surface area contributed by atoms with Crippen molar-refractivity contribution in [2.75, 3.05) is 20.3 Å². The van der Waals surface area contributed by atoms with E-state index in [9.17, 15) is 9.59 Å². The van der Waals surface area contributed by atoms with Crippen LogP contribution in [0.5, 0.6) is 11.5 Å². The average Bonchev–Trinajstić information content (AvgIpc) is 2.81. The van der Waals surface area contributed by atoms with E-state index in [1.54, 1.807) is 12.0 Å². The van der Waals surface area contributed by atoms with E-state index in [-0.39, 0.29) is 11.8 Å². The molecule has 0 bridgehead atoms. The van der Waals surface area contributed by atoms with Gasteiger partial charge in [0.15, 0.2) is 0 Å². The maximum atomic E-state index is 13.2. The minimum atomic E-state index is -0.515. The normalized spacial score (nSPS) is 11.7. The number of carbonyl (C=O) groups is 2. The van der Waals surface area contributed by atoms with Crippen molar-refractivity contribution in [3.63, 3.8) is 0 Å². The second-order valence-corrected chi connectivity index (χ2v) is 8.20. The molecule has 2 aromatic carbocycles. The van der Waals surface area contributed by atoms with Crippen molar-refractivity contribution in [1.82, 2.24) is 10.2 Å². The van der Waals surface area contributed by atoms with E-state index in [4.69, 9.17) is 9.47 Å². The molecular weight excluding hydrogens is 404 g/mol. The molecule has 174 valence electrons. The van der Waals surface area contributed by atoms with Gasteiger partial charge in [-0.25, -0.2) is 0 Å². The number of carbonyl (C=O) groups excluding carboxylic acids is 2. The minimum absolute atomic E-state index is 0.0518. The number of nitrogens with one attached hydrogen (secondary N) is 1. The lowest BCUT2D eigenvalue weighted by atomic mass is 10.1. The lowest BCUT2D eigenvalue weighted by Crippen LogP contribution is -2.49. The van der Waals surface area contributed by atoms with E-state index in [1.165, 1.54) is 0 Å². The van der Waals surface area contributed by atoms with Gasteiger partial charge in [-0.05, 0) is 48.6 Å². The monoisotopic (exact) mass is 440 g/mol. The van der Waals surface area contributed by atoms with Crippen LogP contribution in [0, 0.1) is 5.92 Å². The minimum Gasteiger partial charge on any atom is -0.497 e. The van der Waals surface area contributed by atoms with E-state index in [0.29, 0.717) is 44.9 Å². The Labute approximate surface area is 191 Å². The molecule has 1 N–H and O–H groups in total. The number of hydrogen-bond donors (Lipinski definition) is 1. The van der Waals surface area contributed by atoms with Crippen LogP contribution in [-0.4, -0.2) is 43.0 Å². The lowest BCUT2D eigenvalue weighted by Gasteiger charge is -2.31. The summed E-state index contributed by atoms with van der Waals surface area (Å²) in [5.41, 5.74) is 0.954. The van der Waals surface area contributed by atoms with Crippen LogP contribution in [0.3, 0.4) is 0 Å². The van der Waals surface area contributed by atoms with Crippen LogP contribution in [0.2, 0.25) is 0 Å². The molecule has 32 heavy (non-hydrogen) atoms. The topological polar surface area (TPSA) is 67.9 Å². The van der Waals surface area contributed by atoms with E-state index in [2.05, 4.69) is 5.32 Å². The van der Waals surface area contributed by atoms with E-state index in [0.717, 1.165) is 17.1 Å². The SMILES string of the molecule is CC[C@H](C(=O)NCC(C)C)N(Cc1ccc(OC)cc1)C(=O)CCCOc1ccccc1. The molecule has 0 radical (unpaired) electrons. The first-order chi connectivity index (χ1) is 15.4. The summed E-state index contributed by atoms with van der Waals surface area (Å²) in [5, 5.41) is 2.98. The van der Waals surface area contributed by atoms with Crippen LogP contribution in [0.4, 0.5) is 0 Å². The van der Waals surface area contributed by atoms with Gasteiger partial charge in [0, 0.05) is 19.5 Å². The summed E-state index contributed by atoms with van der Waals surface area (Å²) in [5.74, 6) is 1.73. The third-order valence-electron chi connectivity index (χ3n) is 5.13. The molecule has 2 amide bonds. The van der Waals surface area contributed by atoms with Gasteiger partial charge in [0.1, 0.15) is 17.5 Å². The summed E-state index contributed by atoms with van der Waals surface area (Å²) in [6.07, 6.45) is 1.44. The Hall–Kier alpha value is -3.02. The zero-order chi connectivity index (χ0) is 23.3. The molecule has 0 aliphatic rings. The van der Waals surface area contributed by atoms with Crippen molar-refractivity contribution in [2.24, 2.45) is 5.92 Å². The Morgan fingerprint density at radius 3 is 2.28 bits per heavy atom. The van der Waals surface area contributed by atoms with Crippen molar-refractivity contribution in [3.8, 4) is 11.5 Å². The average molecular weight is 441 g/mol. The van der Waals surface area contributed by atoms with Gasteiger partial charge in [-0.2, -0.15) is 0 Å². The third-order valence-corrected chi connectivity index (χ3v) is 5.13.